The van der Waals surface area contributed by atoms with Crippen molar-refractivity contribution in [3.05, 3.63) is 76.1 Å². The lowest BCUT2D eigenvalue weighted by atomic mass is 9.90. The Kier molecular flexibility index (Phi) is 6.80. The number of ether oxygens (including phenoxy) is 1. The highest BCUT2D eigenvalue weighted by molar-refractivity contribution is 6.30. The fraction of sp³-hybridized carbons (Fsp3) is 0.357. The number of aromatic nitrogens is 4. The van der Waals surface area contributed by atoms with Crippen molar-refractivity contribution in [3.8, 4) is 11.1 Å². The summed E-state index contributed by atoms with van der Waals surface area (Å²) in [6.45, 7) is 14.2. The molecule has 3 heterocycles. The monoisotopic (exact) mass is 490 g/mol. The van der Waals surface area contributed by atoms with E-state index in [9.17, 15) is 4.79 Å². The second kappa shape index (κ2) is 9.51. The van der Waals surface area contributed by atoms with E-state index >= 15 is 0 Å². The highest BCUT2D eigenvalue weighted by Crippen LogP contribution is 2.42. The van der Waals surface area contributed by atoms with Gasteiger partial charge in [0.15, 0.2) is 5.78 Å². The zero-order valence-corrected chi connectivity index (χ0v) is 22.1. The normalized spacial score (nSPS) is 12.8. The van der Waals surface area contributed by atoms with E-state index < -0.39 is 11.7 Å². The average Bonchev–Trinajstić information content (AvgIpc) is 3.02. The van der Waals surface area contributed by atoms with E-state index in [1.54, 1.807) is 6.92 Å². The molecular formula is C28H31ClN4O2. The number of rotatable bonds is 6. The molecule has 0 spiro atoms. The third-order valence-electron chi connectivity index (χ3n) is 6.18. The Balaban J connectivity index is 2.08. The van der Waals surface area contributed by atoms with Crippen LogP contribution in [0.3, 0.4) is 0 Å². The van der Waals surface area contributed by atoms with Crippen LogP contribution in [0.25, 0.3) is 22.2 Å². The Morgan fingerprint density at radius 2 is 1.71 bits per heavy atom. The van der Waals surface area contributed by atoms with E-state index in [1.165, 1.54) is 6.33 Å². The van der Waals surface area contributed by atoms with Crippen molar-refractivity contribution in [1.29, 1.82) is 0 Å². The minimum atomic E-state index is -0.747. The number of hydrogen-bond acceptors (Lipinski definition) is 5. The summed E-state index contributed by atoms with van der Waals surface area (Å²) in [7, 11) is 0. The van der Waals surface area contributed by atoms with Gasteiger partial charge in [-0.05, 0) is 71.7 Å². The summed E-state index contributed by atoms with van der Waals surface area (Å²) in [6.07, 6.45) is 4.42. The van der Waals surface area contributed by atoms with Gasteiger partial charge in [-0.1, -0.05) is 23.7 Å². The average molecular weight is 491 g/mol. The lowest BCUT2D eigenvalue weighted by molar-refractivity contribution is -0.138. The van der Waals surface area contributed by atoms with Crippen LogP contribution in [0.1, 0.15) is 61.9 Å². The van der Waals surface area contributed by atoms with E-state index in [0.717, 1.165) is 50.2 Å². The summed E-state index contributed by atoms with van der Waals surface area (Å²) in [6, 6.07) is 7.73. The number of aryl methyl sites for hydroxylation is 2. The molecule has 0 saturated carbocycles. The SMILES string of the molecule is CC(=O)[C@@H](OC(C)(C)C)c1c(C)nc2c(c(C)c(C)n2Cc2cncnc2)c1-c1ccc(Cl)cc1. The van der Waals surface area contributed by atoms with Gasteiger partial charge >= 0.3 is 0 Å². The molecule has 6 nitrogen and oxygen atoms in total. The lowest BCUT2D eigenvalue weighted by Crippen LogP contribution is -2.27. The van der Waals surface area contributed by atoms with Crippen LogP contribution in [0.2, 0.25) is 5.02 Å². The van der Waals surface area contributed by atoms with Crippen molar-refractivity contribution in [2.75, 3.05) is 0 Å². The third-order valence-corrected chi connectivity index (χ3v) is 6.43. The number of Topliss-reactive ketones (excluding diaryl/α,β-unsaturated/α-hetero) is 1. The first-order valence-corrected chi connectivity index (χ1v) is 12.0. The van der Waals surface area contributed by atoms with Crippen LogP contribution in [0, 0.1) is 20.8 Å². The molecule has 4 rings (SSSR count). The molecule has 35 heavy (non-hydrogen) atoms. The molecule has 182 valence electrons. The molecule has 0 saturated heterocycles. The minimum absolute atomic E-state index is 0.0605. The van der Waals surface area contributed by atoms with Gasteiger partial charge in [-0.3, -0.25) is 4.79 Å². The van der Waals surface area contributed by atoms with Crippen molar-refractivity contribution in [1.82, 2.24) is 19.5 Å². The van der Waals surface area contributed by atoms with Gasteiger partial charge in [-0.2, -0.15) is 0 Å². The standard InChI is InChI=1S/C28H31ClN4O2/c1-16-18(3)33(14-20-12-30-15-31-13-20)27-23(16)25(21-8-10-22(29)11-9-21)24(17(2)32-27)26(19(4)34)35-28(5,6)7/h8-13,15,26H,14H2,1-7H3/t26-/m1/s1. The van der Waals surface area contributed by atoms with Gasteiger partial charge in [0.2, 0.25) is 0 Å². The molecule has 0 fully saturated rings. The maximum Gasteiger partial charge on any atom is 0.163 e. The van der Waals surface area contributed by atoms with Crippen molar-refractivity contribution in [3.63, 3.8) is 0 Å². The third kappa shape index (κ3) is 5.00. The Hall–Kier alpha value is -3.09. The molecule has 0 aliphatic carbocycles. The number of carbonyl (C=O) groups is 1. The summed E-state index contributed by atoms with van der Waals surface area (Å²) in [4.78, 5) is 26.3. The first kappa shape index (κ1) is 25.0. The van der Waals surface area contributed by atoms with E-state index in [0.29, 0.717) is 11.6 Å². The van der Waals surface area contributed by atoms with Gasteiger partial charge in [0.05, 0.1) is 12.1 Å². The van der Waals surface area contributed by atoms with Crippen LogP contribution in [-0.2, 0) is 16.1 Å². The van der Waals surface area contributed by atoms with E-state index in [1.807, 2.05) is 64.4 Å². The number of carbonyl (C=O) groups excluding carboxylic acids is 1. The molecule has 0 bridgehead atoms. The Morgan fingerprint density at radius 3 is 2.29 bits per heavy atom. The van der Waals surface area contributed by atoms with Crippen LogP contribution >= 0.6 is 11.6 Å². The van der Waals surface area contributed by atoms with Crippen molar-refractivity contribution in [2.24, 2.45) is 0 Å². The zero-order valence-electron chi connectivity index (χ0n) is 21.3. The number of halogens is 1. The molecule has 4 aromatic rings. The number of benzene rings is 1. The number of fused-ring (bicyclic) bond motifs is 1. The Labute approximate surface area is 211 Å². The van der Waals surface area contributed by atoms with Crippen LogP contribution in [0.15, 0.2) is 43.0 Å². The van der Waals surface area contributed by atoms with E-state index in [4.69, 9.17) is 21.3 Å². The molecule has 3 aromatic heterocycles. The van der Waals surface area contributed by atoms with E-state index in [2.05, 4.69) is 28.4 Å². The summed E-state index contributed by atoms with van der Waals surface area (Å²) in [5.41, 5.74) is 7.01. The predicted octanol–water partition coefficient (Wildman–Crippen LogP) is 6.57. The number of pyridine rings is 1. The molecule has 0 amide bonds. The maximum absolute atomic E-state index is 13.0. The summed E-state index contributed by atoms with van der Waals surface area (Å²) < 4.78 is 8.52. The number of nitrogens with zero attached hydrogens (tertiary/aromatic N) is 4. The summed E-state index contributed by atoms with van der Waals surface area (Å²) >= 11 is 6.23. The number of hydrogen-bond donors (Lipinski definition) is 0. The molecule has 1 aromatic carbocycles. The topological polar surface area (TPSA) is 69.9 Å². The second-order valence-corrected chi connectivity index (χ2v) is 10.4. The van der Waals surface area contributed by atoms with E-state index in [-0.39, 0.29) is 5.78 Å². The van der Waals surface area contributed by atoms with Gasteiger partial charge in [-0.25, -0.2) is 15.0 Å². The zero-order chi connectivity index (χ0) is 25.5. The lowest BCUT2D eigenvalue weighted by Gasteiger charge is -2.29. The summed E-state index contributed by atoms with van der Waals surface area (Å²) in [5.74, 6) is -0.0605. The Morgan fingerprint density at radius 1 is 1.09 bits per heavy atom. The fourth-order valence-corrected chi connectivity index (χ4v) is 4.64. The molecule has 7 heteroatoms. The number of ketones is 1. The van der Waals surface area contributed by atoms with Gasteiger partial charge in [0.1, 0.15) is 18.1 Å². The van der Waals surface area contributed by atoms with Gasteiger partial charge < -0.3 is 9.30 Å². The quantitative estimate of drug-likeness (QED) is 0.306. The van der Waals surface area contributed by atoms with Gasteiger partial charge in [-0.15, -0.1) is 0 Å². The first-order chi connectivity index (χ1) is 16.5. The first-order valence-electron chi connectivity index (χ1n) is 11.7. The highest BCUT2D eigenvalue weighted by Gasteiger charge is 2.32. The molecule has 0 aliphatic heterocycles. The molecule has 0 radical (unpaired) electrons. The molecule has 1 atom stereocenters. The molecule has 0 aliphatic rings. The predicted molar refractivity (Wildman–Crippen MR) is 140 cm³/mol. The maximum atomic E-state index is 13.0. The van der Waals surface area contributed by atoms with Crippen LogP contribution < -0.4 is 0 Å². The van der Waals surface area contributed by atoms with Gasteiger partial charge in [0.25, 0.3) is 0 Å². The van der Waals surface area contributed by atoms with Crippen LogP contribution in [0.5, 0.6) is 0 Å². The molecular weight excluding hydrogens is 460 g/mol. The molecule has 0 N–H and O–H groups in total. The fourth-order valence-electron chi connectivity index (χ4n) is 4.52. The van der Waals surface area contributed by atoms with Crippen molar-refractivity contribution in [2.45, 2.75) is 66.7 Å². The largest absolute Gasteiger partial charge is 0.360 e. The Bertz CT molecular complexity index is 1390. The van der Waals surface area contributed by atoms with Crippen LogP contribution in [-0.4, -0.2) is 30.9 Å². The van der Waals surface area contributed by atoms with Crippen LogP contribution in [0.4, 0.5) is 0 Å². The smallest absolute Gasteiger partial charge is 0.163 e. The minimum Gasteiger partial charge on any atom is -0.360 e. The van der Waals surface area contributed by atoms with Crippen molar-refractivity contribution >= 4 is 28.4 Å². The van der Waals surface area contributed by atoms with Crippen molar-refractivity contribution < 1.29 is 9.53 Å². The van der Waals surface area contributed by atoms with Gasteiger partial charge in [0, 0.05) is 50.9 Å². The molecule has 0 unspecified atom stereocenters. The summed E-state index contributed by atoms with van der Waals surface area (Å²) in [5, 5.41) is 1.66. The highest BCUT2D eigenvalue weighted by atomic mass is 35.5. The second-order valence-electron chi connectivity index (χ2n) is 9.96.